The molecule has 1 rings (SSSR count). The van der Waals surface area contributed by atoms with Gasteiger partial charge in [-0.2, -0.15) is 0 Å². The molecule has 0 unspecified atom stereocenters. The van der Waals surface area contributed by atoms with Crippen LogP contribution in [0.4, 0.5) is 4.11 Å². The highest BCUT2D eigenvalue weighted by atomic mass is 28.4. The second-order valence-corrected chi connectivity index (χ2v) is 6.82. The fourth-order valence-electron chi connectivity index (χ4n) is 1.02. The van der Waals surface area contributed by atoms with Gasteiger partial charge in [-0.1, -0.05) is 36.9 Å². The summed E-state index contributed by atoms with van der Waals surface area (Å²) in [5.74, 6) is 0. The third-order valence-electron chi connectivity index (χ3n) is 1.83. The fourth-order valence-corrected chi connectivity index (χ4v) is 1.97. The highest BCUT2D eigenvalue weighted by Crippen LogP contribution is 2.06. The molecule has 64 valence electrons. The average Bonchev–Trinajstić information content (AvgIpc) is 2.03. The zero-order valence-corrected chi connectivity index (χ0v) is 8.47. The van der Waals surface area contributed by atoms with E-state index in [4.69, 9.17) is 0 Å². The van der Waals surface area contributed by atoms with Crippen molar-refractivity contribution < 1.29 is 4.11 Å². The van der Waals surface area contributed by atoms with E-state index in [-0.39, 0.29) is 0 Å². The first-order valence-electron chi connectivity index (χ1n) is 3.96. The first-order chi connectivity index (χ1) is 5.54. The molecule has 0 atom stereocenters. The minimum Gasteiger partial charge on any atom is -0.308 e. The zero-order chi connectivity index (χ0) is 9.19. The predicted octanol–water partition coefficient (Wildman–Crippen LogP) is 2.71. The topological polar surface area (TPSA) is 0 Å². The molecule has 0 radical (unpaired) electrons. The summed E-state index contributed by atoms with van der Waals surface area (Å²) in [6, 6.07) is 7.50. The Labute approximate surface area is 73.9 Å². The van der Waals surface area contributed by atoms with E-state index in [0.29, 0.717) is 0 Å². The van der Waals surface area contributed by atoms with Crippen molar-refractivity contribution in [1.82, 2.24) is 0 Å². The summed E-state index contributed by atoms with van der Waals surface area (Å²) < 4.78 is 13.5. The highest BCUT2D eigenvalue weighted by molar-refractivity contribution is 6.83. The molecule has 0 aliphatic rings. The van der Waals surface area contributed by atoms with Gasteiger partial charge in [0.05, 0.1) is 0 Å². The molecule has 0 aliphatic heterocycles. The van der Waals surface area contributed by atoms with Crippen molar-refractivity contribution in [2.45, 2.75) is 13.1 Å². The van der Waals surface area contributed by atoms with E-state index < -0.39 is 8.41 Å². The van der Waals surface area contributed by atoms with Gasteiger partial charge >= 0.3 is 0 Å². The van der Waals surface area contributed by atoms with Crippen LogP contribution in [-0.2, 0) is 0 Å². The molecular weight excluding hydrogens is 167 g/mol. The first kappa shape index (κ1) is 9.20. The van der Waals surface area contributed by atoms with Crippen LogP contribution in [0.2, 0.25) is 13.1 Å². The van der Waals surface area contributed by atoms with E-state index >= 15 is 0 Å². The summed E-state index contributed by atoms with van der Waals surface area (Å²) >= 11 is 0. The van der Waals surface area contributed by atoms with Gasteiger partial charge < -0.3 is 4.11 Å². The molecule has 2 heteroatoms. The van der Waals surface area contributed by atoms with Gasteiger partial charge in [-0.15, -0.1) is 0 Å². The molecule has 0 saturated carbocycles. The third kappa shape index (κ3) is 2.05. The van der Waals surface area contributed by atoms with Crippen molar-refractivity contribution in [1.29, 1.82) is 0 Å². The molecule has 0 nitrogen and oxygen atoms in total. The van der Waals surface area contributed by atoms with Crippen LogP contribution in [0.15, 0.2) is 30.8 Å². The van der Waals surface area contributed by atoms with E-state index in [1.807, 2.05) is 24.3 Å². The van der Waals surface area contributed by atoms with Crippen molar-refractivity contribution in [2.75, 3.05) is 0 Å². The number of hydrogen-bond donors (Lipinski definition) is 0. The lowest BCUT2D eigenvalue weighted by Crippen LogP contribution is -2.35. The molecular formula is C10H13FSi. The van der Waals surface area contributed by atoms with Gasteiger partial charge in [-0.05, 0) is 23.8 Å². The highest BCUT2D eigenvalue weighted by Gasteiger charge is 2.22. The van der Waals surface area contributed by atoms with Crippen molar-refractivity contribution in [3.05, 3.63) is 36.4 Å². The summed E-state index contributed by atoms with van der Waals surface area (Å²) in [6.45, 7) is 7.02. The Bertz CT molecular complexity index is 269. The Balaban J connectivity index is 3.00. The minimum atomic E-state index is -2.60. The maximum absolute atomic E-state index is 13.5. The van der Waals surface area contributed by atoms with Crippen molar-refractivity contribution in [3.8, 4) is 0 Å². The summed E-state index contributed by atoms with van der Waals surface area (Å²) in [5.41, 5.74) is 1.04. The van der Waals surface area contributed by atoms with E-state index in [1.165, 1.54) is 0 Å². The Morgan fingerprint density at radius 2 is 1.75 bits per heavy atom. The van der Waals surface area contributed by atoms with Crippen LogP contribution < -0.4 is 5.19 Å². The fraction of sp³-hybridized carbons (Fsp3) is 0.200. The number of halogens is 1. The molecule has 12 heavy (non-hydrogen) atoms. The molecule has 0 heterocycles. The lowest BCUT2D eigenvalue weighted by molar-refractivity contribution is 0.822. The van der Waals surface area contributed by atoms with E-state index in [1.54, 1.807) is 19.2 Å². The maximum atomic E-state index is 13.5. The van der Waals surface area contributed by atoms with Gasteiger partial charge in [-0.3, -0.25) is 0 Å². The first-order valence-corrected chi connectivity index (χ1v) is 6.84. The van der Waals surface area contributed by atoms with Gasteiger partial charge in [-0.25, -0.2) is 0 Å². The van der Waals surface area contributed by atoms with Gasteiger partial charge in [0, 0.05) is 0 Å². The van der Waals surface area contributed by atoms with Crippen LogP contribution in [0, 0.1) is 0 Å². The van der Waals surface area contributed by atoms with Crippen LogP contribution in [0.5, 0.6) is 0 Å². The molecule has 0 amide bonds. The van der Waals surface area contributed by atoms with Crippen molar-refractivity contribution >= 4 is 19.7 Å². The number of hydrogen-bond acceptors (Lipinski definition) is 0. The van der Waals surface area contributed by atoms with Crippen LogP contribution in [0.25, 0.3) is 6.08 Å². The van der Waals surface area contributed by atoms with E-state index in [9.17, 15) is 4.11 Å². The molecule has 0 aromatic heterocycles. The Morgan fingerprint density at radius 1 is 1.25 bits per heavy atom. The molecule has 1 aromatic carbocycles. The van der Waals surface area contributed by atoms with Crippen molar-refractivity contribution in [2.24, 2.45) is 0 Å². The summed E-state index contributed by atoms with van der Waals surface area (Å²) in [4.78, 5) is 0. The Hall–Kier alpha value is -0.893. The smallest absolute Gasteiger partial charge is 0.271 e. The molecule has 0 aliphatic carbocycles. The Morgan fingerprint density at radius 3 is 2.08 bits per heavy atom. The molecule has 0 saturated heterocycles. The third-order valence-corrected chi connectivity index (χ3v) is 3.54. The minimum absolute atomic E-state index is 0.841. The summed E-state index contributed by atoms with van der Waals surface area (Å²) in [7, 11) is -2.60. The van der Waals surface area contributed by atoms with Crippen molar-refractivity contribution in [3.63, 3.8) is 0 Å². The standard InChI is InChI=1S/C10H13FSi/c1-4-9-5-7-10(8-6-9)12(2,3)11/h4-8H,1H2,2-3H3. The number of rotatable bonds is 2. The van der Waals surface area contributed by atoms with Crippen LogP contribution in [0.1, 0.15) is 5.56 Å². The average molecular weight is 180 g/mol. The maximum Gasteiger partial charge on any atom is 0.271 e. The van der Waals surface area contributed by atoms with Gasteiger partial charge in [0.15, 0.2) is 0 Å². The molecule has 0 N–H and O–H groups in total. The van der Waals surface area contributed by atoms with E-state index in [2.05, 4.69) is 6.58 Å². The molecule has 1 aromatic rings. The lowest BCUT2D eigenvalue weighted by atomic mass is 10.2. The van der Waals surface area contributed by atoms with Gasteiger partial charge in [0.25, 0.3) is 8.41 Å². The monoisotopic (exact) mass is 180 g/mol. The quantitative estimate of drug-likeness (QED) is 0.485. The predicted molar refractivity (Wildman–Crippen MR) is 54.8 cm³/mol. The second-order valence-electron chi connectivity index (χ2n) is 3.30. The van der Waals surface area contributed by atoms with Crippen LogP contribution in [-0.4, -0.2) is 8.41 Å². The van der Waals surface area contributed by atoms with Crippen LogP contribution in [0.3, 0.4) is 0 Å². The number of benzene rings is 1. The normalized spacial score (nSPS) is 11.2. The summed E-state index contributed by atoms with van der Waals surface area (Å²) in [6.07, 6.45) is 1.76. The lowest BCUT2D eigenvalue weighted by Gasteiger charge is -2.10. The summed E-state index contributed by atoms with van der Waals surface area (Å²) in [5, 5.41) is 0.841. The van der Waals surface area contributed by atoms with Crippen LogP contribution >= 0.6 is 0 Å². The Kier molecular flexibility index (Phi) is 2.48. The van der Waals surface area contributed by atoms with E-state index in [0.717, 1.165) is 10.8 Å². The molecule has 0 bridgehead atoms. The molecule has 0 spiro atoms. The van der Waals surface area contributed by atoms with Gasteiger partial charge in [0.2, 0.25) is 0 Å². The van der Waals surface area contributed by atoms with Gasteiger partial charge in [0.1, 0.15) is 0 Å². The SMILES string of the molecule is C=Cc1ccc([Si](C)(C)F)cc1. The largest absolute Gasteiger partial charge is 0.308 e. The molecule has 0 fully saturated rings. The second kappa shape index (κ2) is 3.23. The zero-order valence-electron chi connectivity index (χ0n) is 7.47.